The van der Waals surface area contributed by atoms with Crippen molar-refractivity contribution >= 4 is 0 Å². The molecule has 3 rings (SSSR count). The molecule has 0 aliphatic heterocycles. The first kappa shape index (κ1) is 18.4. The van der Waals surface area contributed by atoms with Crippen LogP contribution in [0.25, 0.3) is 0 Å². The zero-order valence-corrected chi connectivity index (χ0v) is 15.9. The molecule has 3 aromatic rings. The van der Waals surface area contributed by atoms with Crippen LogP contribution in [-0.2, 0) is 26.2 Å². The van der Waals surface area contributed by atoms with Crippen LogP contribution < -0.4 is 0 Å². The third kappa shape index (κ3) is 5.28. The molecule has 0 atom stereocenters. The predicted molar refractivity (Wildman–Crippen MR) is 99.3 cm³/mol. The Hall–Kier alpha value is -2.44. The van der Waals surface area contributed by atoms with Crippen molar-refractivity contribution < 1.29 is 9.05 Å². The predicted octanol–water partition coefficient (Wildman–Crippen LogP) is 3.54. The van der Waals surface area contributed by atoms with Crippen LogP contribution in [0.15, 0.2) is 45.4 Å². The summed E-state index contributed by atoms with van der Waals surface area (Å²) in [5, 5.41) is 8.09. The number of hydrogen-bond donors (Lipinski definition) is 0. The lowest BCUT2D eigenvalue weighted by Gasteiger charge is -2.17. The van der Waals surface area contributed by atoms with Gasteiger partial charge in [0.05, 0.1) is 11.4 Å². The fourth-order valence-electron chi connectivity index (χ4n) is 3.02. The number of rotatable bonds is 8. The average molecular weight is 354 g/mol. The van der Waals surface area contributed by atoms with Gasteiger partial charge in [0.2, 0.25) is 0 Å². The summed E-state index contributed by atoms with van der Waals surface area (Å²) in [6, 6.07) is 12.7. The Morgan fingerprint density at radius 3 is 1.38 bits per heavy atom. The van der Waals surface area contributed by atoms with E-state index >= 15 is 0 Å². The van der Waals surface area contributed by atoms with E-state index in [1.165, 1.54) is 11.1 Å². The van der Waals surface area contributed by atoms with E-state index in [2.05, 4.69) is 58.5 Å². The van der Waals surface area contributed by atoms with Gasteiger partial charge in [0.15, 0.2) is 0 Å². The van der Waals surface area contributed by atoms with Crippen LogP contribution in [0.4, 0.5) is 0 Å². The van der Waals surface area contributed by atoms with Crippen LogP contribution >= 0.6 is 0 Å². The highest BCUT2D eigenvalue weighted by molar-refractivity contribution is 5.22. The van der Waals surface area contributed by atoms with Gasteiger partial charge in [0, 0.05) is 38.3 Å². The minimum atomic E-state index is 0.777. The van der Waals surface area contributed by atoms with Crippen LogP contribution in [0, 0.1) is 13.8 Å². The van der Waals surface area contributed by atoms with E-state index in [9.17, 15) is 0 Å². The van der Waals surface area contributed by atoms with E-state index < -0.39 is 0 Å². The quantitative estimate of drug-likeness (QED) is 0.617. The van der Waals surface area contributed by atoms with E-state index in [1.54, 1.807) is 0 Å². The molecule has 0 spiro atoms. The number of aromatic nitrogens is 2. The molecular formula is C20H26N4O2. The van der Waals surface area contributed by atoms with Gasteiger partial charge in [-0.1, -0.05) is 34.6 Å². The molecule has 2 heterocycles. The highest BCUT2D eigenvalue weighted by Crippen LogP contribution is 2.12. The van der Waals surface area contributed by atoms with Crippen LogP contribution in [-0.4, -0.2) is 34.2 Å². The maximum atomic E-state index is 5.12. The standard InChI is InChI=1S/C20H26N4O2/c1-15-9-19(21-25-15)13-23(3)11-17-5-7-18(8-6-17)12-24(4)14-20-10-16(2)26-22-20/h5-10H,11-14H2,1-4H3. The summed E-state index contributed by atoms with van der Waals surface area (Å²) in [5.41, 5.74) is 4.50. The molecule has 26 heavy (non-hydrogen) atoms. The molecule has 0 saturated carbocycles. The van der Waals surface area contributed by atoms with E-state index in [-0.39, 0.29) is 0 Å². The van der Waals surface area contributed by atoms with E-state index in [4.69, 9.17) is 9.05 Å². The average Bonchev–Trinajstić information content (AvgIpc) is 3.17. The molecule has 0 aliphatic carbocycles. The molecule has 138 valence electrons. The van der Waals surface area contributed by atoms with Gasteiger partial charge in [-0.05, 0) is 39.1 Å². The van der Waals surface area contributed by atoms with E-state index in [0.29, 0.717) is 0 Å². The summed E-state index contributed by atoms with van der Waals surface area (Å²) in [6.45, 7) is 7.13. The molecular weight excluding hydrogens is 328 g/mol. The number of benzene rings is 1. The van der Waals surface area contributed by atoms with Crippen molar-refractivity contribution in [1.82, 2.24) is 20.1 Å². The van der Waals surface area contributed by atoms with Crippen molar-refractivity contribution in [2.75, 3.05) is 14.1 Å². The third-order valence-electron chi connectivity index (χ3n) is 4.15. The lowest BCUT2D eigenvalue weighted by atomic mass is 10.1. The minimum Gasteiger partial charge on any atom is -0.361 e. The first-order valence-electron chi connectivity index (χ1n) is 8.77. The molecule has 6 nitrogen and oxygen atoms in total. The molecule has 0 N–H and O–H groups in total. The smallest absolute Gasteiger partial charge is 0.133 e. The van der Waals surface area contributed by atoms with Crippen LogP contribution in [0.3, 0.4) is 0 Å². The fourth-order valence-corrected chi connectivity index (χ4v) is 3.02. The number of aryl methyl sites for hydroxylation is 2. The van der Waals surface area contributed by atoms with Gasteiger partial charge >= 0.3 is 0 Å². The first-order valence-corrected chi connectivity index (χ1v) is 8.77. The van der Waals surface area contributed by atoms with Gasteiger partial charge in [-0.25, -0.2) is 0 Å². The number of nitrogens with zero attached hydrogens (tertiary/aromatic N) is 4. The Morgan fingerprint density at radius 2 is 1.08 bits per heavy atom. The topological polar surface area (TPSA) is 58.5 Å². The summed E-state index contributed by atoms with van der Waals surface area (Å²) >= 11 is 0. The van der Waals surface area contributed by atoms with Crippen LogP contribution in [0.5, 0.6) is 0 Å². The summed E-state index contributed by atoms with van der Waals surface area (Å²) in [4.78, 5) is 4.46. The maximum absolute atomic E-state index is 5.12. The second kappa shape index (κ2) is 8.29. The van der Waals surface area contributed by atoms with Crippen LogP contribution in [0.1, 0.15) is 34.0 Å². The molecule has 0 radical (unpaired) electrons. The van der Waals surface area contributed by atoms with Crippen LogP contribution in [0.2, 0.25) is 0 Å². The first-order chi connectivity index (χ1) is 12.5. The molecule has 0 unspecified atom stereocenters. The summed E-state index contributed by atoms with van der Waals surface area (Å²) in [7, 11) is 4.18. The van der Waals surface area contributed by atoms with E-state index in [0.717, 1.165) is 49.1 Å². The van der Waals surface area contributed by atoms with E-state index in [1.807, 2.05) is 26.0 Å². The third-order valence-corrected chi connectivity index (χ3v) is 4.15. The molecule has 0 bridgehead atoms. The van der Waals surface area contributed by atoms with Gasteiger partial charge in [0.25, 0.3) is 0 Å². The molecule has 2 aromatic heterocycles. The van der Waals surface area contributed by atoms with Crippen molar-refractivity contribution in [2.24, 2.45) is 0 Å². The zero-order chi connectivity index (χ0) is 18.5. The molecule has 1 aromatic carbocycles. The Balaban J connectivity index is 1.49. The van der Waals surface area contributed by atoms with Crippen molar-refractivity contribution in [2.45, 2.75) is 40.0 Å². The lowest BCUT2D eigenvalue weighted by Crippen LogP contribution is -2.18. The Morgan fingerprint density at radius 1 is 0.692 bits per heavy atom. The molecule has 0 fully saturated rings. The molecule has 6 heteroatoms. The normalized spacial score (nSPS) is 11.6. The maximum Gasteiger partial charge on any atom is 0.133 e. The SMILES string of the molecule is Cc1cc(CN(C)Cc2ccc(CN(C)Cc3cc(C)on3)cc2)no1. The van der Waals surface area contributed by atoms with Gasteiger partial charge in [-0.15, -0.1) is 0 Å². The largest absolute Gasteiger partial charge is 0.361 e. The number of hydrogen-bond acceptors (Lipinski definition) is 6. The van der Waals surface area contributed by atoms with Crippen molar-refractivity contribution in [1.29, 1.82) is 0 Å². The van der Waals surface area contributed by atoms with Crippen molar-refractivity contribution in [3.63, 3.8) is 0 Å². The second-order valence-corrected chi connectivity index (χ2v) is 7.02. The monoisotopic (exact) mass is 354 g/mol. The van der Waals surface area contributed by atoms with Crippen molar-refractivity contribution in [3.05, 3.63) is 70.4 Å². The van der Waals surface area contributed by atoms with Crippen molar-refractivity contribution in [3.8, 4) is 0 Å². The summed E-state index contributed by atoms with van der Waals surface area (Å²) < 4.78 is 10.2. The summed E-state index contributed by atoms with van der Waals surface area (Å²) in [6.07, 6.45) is 0. The van der Waals surface area contributed by atoms with Gasteiger partial charge in [0.1, 0.15) is 11.5 Å². The highest BCUT2D eigenvalue weighted by atomic mass is 16.5. The Labute approximate surface area is 154 Å². The molecule has 0 amide bonds. The minimum absolute atomic E-state index is 0.777. The Kier molecular flexibility index (Phi) is 5.85. The molecule has 0 aliphatic rings. The van der Waals surface area contributed by atoms with Gasteiger partial charge < -0.3 is 9.05 Å². The van der Waals surface area contributed by atoms with Gasteiger partial charge in [-0.2, -0.15) is 0 Å². The lowest BCUT2D eigenvalue weighted by molar-refractivity contribution is 0.299. The highest BCUT2D eigenvalue weighted by Gasteiger charge is 2.08. The Bertz CT molecular complexity index is 753. The van der Waals surface area contributed by atoms with Gasteiger partial charge in [-0.3, -0.25) is 9.80 Å². The fraction of sp³-hybridized carbons (Fsp3) is 0.400. The zero-order valence-electron chi connectivity index (χ0n) is 15.9. The second-order valence-electron chi connectivity index (χ2n) is 7.02. The molecule has 0 saturated heterocycles. The summed E-state index contributed by atoms with van der Waals surface area (Å²) in [5.74, 6) is 1.70.